The quantitative estimate of drug-likeness (QED) is 0.198. The zero-order valence-electron chi connectivity index (χ0n) is 25.1. The molecule has 0 aliphatic carbocycles. The highest BCUT2D eigenvalue weighted by atomic mass is 16.3. The second kappa shape index (κ2) is 9.09. The molecule has 3 aromatic heterocycles. The first-order chi connectivity index (χ1) is 23.3. The van der Waals surface area contributed by atoms with E-state index in [0.717, 1.165) is 55.1 Å². The highest BCUT2D eigenvalue weighted by molar-refractivity contribution is 6.29. The SMILES string of the molecule is c1ccc2c(c1)ccc1c2c2c3ccccc3ccc2n1-c1cc2c(oc3cccc(-c4nc5ccccc5o4)c32)c2ccccc12. The van der Waals surface area contributed by atoms with Crippen LogP contribution in [0.4, 0.5) is 0 Å². The predicted molar refractivity (Wildman–Crippen MR) is 194 cm³/mol. The van der Waals surface area contributed by atoms with Gasteiger partial charge in [-0.05, 0) is 64.0 Å². The molecular formula is C43H24N2O2. The van der Waals surface area contributed by atoms with E-state index >= 15 is 0 Å². The van der Waals surface area contributed by atoms with Crippen LogP contribution in [-0.2, 0) is 0 Å². The van der Waals surface area contributed by atoms with Crippen LogP contribution in [-0.4, -0.2) is 9.55 Å². The molecule has 0 fully saturated rings. The number of para-hydroxylation sites is 2. The van der Waals surface area contributed by atoms with Gasteiger partial charge in [-0.2, -0.15) is 0 Å². The minimum absolute atomic E-state index is 0.587. The fourth-order valence-corrected chi connectivity index (χ4v) is 7.79. The van der Waals surface area contributed by atoms with Crippen molar-refractivity contribution in [3.63, 3.8) is 0 Å². The lowest BCUT2D eigenvalue weighted by Crippen LogP contribution is -1.96. The van der Waals surface area contributed by atoms with Gasteiger partial charge < -0.3 is 13.4 Å². The highest BCUT2D eigenvalue weighted by Crippen LogP contribution is 2.45. The van der Waals surface area contributed by atoms with E-state index in [9.17, 15) is 0 Å². The molecule has 0 atom stereocenters. The number of hydrogen-bond donors (Lipinski definition) is 0. The molecule has 8 aromatic carbocycles. The number of aromatic nitrogens is 2. The van der Waals surface area contributed by atoms with Gasteiger partial charge >= 0.3 is 0 Å². The summed E-state index contributed by atoms with van der Waals surface area (Å²) in [4.78, 5) is 4.88. The summed E-state index contributed by atoms with van der Waals surface area (Å²) in [5.74, 6) is 0.587. The average Bonchev–Trinajstić information content (AvgIpc) is 3.83. The molecule has 0 N–H and O–H groups in total. The summed E-state index contributed by atoms with van der Waals surface area (Å²) in [6, 6.07) is 51.4. The van der Waals surface area contributed by atoms with E-state index < -0.39 is 0 Å². The number of oxazole rings is 1. The van der Waals surface area contributed by atoms with Crippen LogP contribution in [0, 0.1) is 0 Å². The van der Waals surface area contributed by atoms with Crippen molar-refractivity contribution in [2.24, 2.45) is 0 Å². The Bertz CT molecular complexity index is 2960. The van der Waals surface area contributed by atoms with Crippen LogP contribution in [0.5, 0.6) is 0 Å². The van der Waals surface area contributed by atoms with Crippen LogP contribution in [0.1, 0.15) is 0 Å². The summed E-state index contributed by atoms with van der Waals surface area (Å²) in [6.45, 7) is 0. The van der Waals surface area contributed by atoms with Gasteiger partial charge in [0.2, 0.25) is 5.89 Å². The van der Waals surface area contributed by atoms with Crippen molar-refractivity contribution in [1.29, 1.82) is 0 Å². The van der Waals surface area contributed by atoms with E-state index in [1.807, 2.05) is 36.4 Å². The second-order valence-electron chi connectivity index (χ2n) is 12.3. The van der Waals surface area contributed by atoms with Crippen LogP contribution in [0.25, 0.3) is 104 Å². The summed E-state index contributed by atoms with van der Waals surface area (Å²) in [5.41, 5.74) is 7.64. The third kappa shape index (κ3) is 3.34. The van der Waals surface area contributed by atoms with E-state index in [1.54, 1.807) is 0 Å². The zero-order chi connectivity index (χ0) is 30.6. The molecule has 0 radical (unpaired) electrons. The van der Waals surface area contributed by atoms with Gasteiger partial charge in [0, 0.05) is 37.9 Å². The van der Waals surface area contributed by atoms with Crippen LogP contribution < -0.4 is 0 Å². The fraction of sp³-hybridized carbons (Fsp3) is 0. The van der Waals surface area contributed by atoms with E-state index in [1.165, 1.54) is 43.4 Å². The van der Waals surface area contributed by atoms with E-state index in [2.05, 4.69) is 114 Å². The molecule has 0 bridgehead atoms. The summed E-state index contributed by atoms with van der Waals surface area (Å²) in [5, 5.41) is 11.7. The topological polar surface area (TPSA) is 44.1 Å². The first kappa shape index (κ1) is 24.9. The first-order valence-electron chi connectivity index (χ1n) is 15.9. The summed E-state index contributed by atoms with van der Waals surface area (Å²) in [6.07, 6.45) is 0. The molecule has 11 rings (SSSR count). The fourth-order valence-electron chi connectivity index (χ4n) is 7.79. The van der Waals surface area contributed by atoms with Gasteiger partial charge in [0.25, 0.3) is 0 Å². The number of fused-ring (bicyclic) bond motifs is 13. The van der Waals surface area contributed by atoms with Crippen LogP contribution in [0.3, 0.4) is 0 Å². The lowest BCUT2D eigenvalue weighted by Gasteiger charge is -2.13. The molecule has 4 heteroatoms. The Morgan fingerprint density at radius 3 is 1.79 bits per heavy atom. The van der Waals surface area contributed by atoms with Gasteiger partial charge in [0.1, 0.15) is 16.7 Å². The molecule has 0 unspecified atom stereocenters. The molecule has 0 saturated heterocycles. The molecule has 218 valence electrons. The van der Waals surface area contributed by atoms with E-state index in [-0.39, 0.29) is 0 Å². The molecule has 3 heterocycles. The van der Waals surface area contributed by atoms with Crippen LogP contribution >= 0.6 is 0 Å². The maximum absolute atomic E-state index is 6.69. The van der Waals surface area contributed by atoms with Gasteiger partial charge in [-0.25, -0.2) is 4.98 Å². The molecular weight excluding hydrogens is 576 g/mol. The van der Waals surface area contributed by atoms with Crippen molar-refractivity contribution in [3.8, 4) is 17.1 Å². The third-order valence-electron chi connectivity index (χ3n) is 9.79. The Morgan fingerprint density at radius 2 is 1.06 bits per heavy atom. The van der Waals surface area contributed by atoms with Crippen molar-refractivity contribution in [2.45, 2.75) is 0 Å². The first-order valence-corrected chi connectivity index (χ1v) is 15.9. The number of benzene rings is 8. The number of nitrogens with zero attached hydrogens (tertiary/aromatic N) is 2. The lowest BCUT2D eigenvalue weighted by atomic mass is 10.00. The number of furan rings is 1. The second-order valence-corrected chi connectivity index (χ2v) is 12.3. The Balaban J connectivity index is 1.33. The smallest absolute Gasteiger partial charge is 0.228 e. The van der Waals surface area contributed by atoms with Crippen molar-refractivity contribution in [3.05, 3.63) is 146 Å². The normalized spacial score (nSPS) is 12.3. The molecule has 0 aliphatic rings. The third-order valence-corrected chi connectivity index (χ3v) is 9.79. The summed E-state index contributed by atoms with van der Waals surface area (Å²) in [7, 11) is 0. The lowest BCUT2D eigenvalue weighted by molar-refractivity contribution is 0.620. The molecule has 0 saturated carbocycles. The van der Waals surface area contributed by atoms with Gasteiger partial charge in [0.15, 0.2) is 5.58 Å². The summed E-state index contributed by atoms with van der Waals surface area (Å²) >= 11 is 0. The Hall–Kier alpha value is -6.39. The maximum atomic E-state index is 6.69. The Morgan fingerprint density at radius 1 is 0.447 bits per heavy atom. The van der Waals surface area contributed by atoms with Crippen molar-refractivity contribution in [1.82, 2.24) is 9.55 Å². The van der Waals surface area contributed by atoms with Crippen molar-refractivity contribution >= 4 is 87.2 Å². The highest BCUT2D eigenvalue weighted by Gasteiger charge is 2.23. The molecule has 4 nitrogen and oxygen atoms in total. The average molecular weight is 601 g/mol. The number of hydrogen-bond acceptors (Lipinski definition) is 3. The minimum atomic E-state index is 0.587. The van der Waals surface area contributed by atoms with Gasteiger partial charge in [-0.3, -0.25) is 0 Å². The van der Waals surface area contributed by atoms with Gasteiger partial charge in [0.05, 0.1) is 16.7 Å². The standard InChI is InChI=1S/C43H24N2O2/c1-3-12-27-25(10-1)20-22-34-40(27)41-28-13-4-2-11-26(28)21-23-35(41)45(34)36-24-32-39-31(43-44-33-17-7-8-18-37(33)47-43)16-9-19-38(39)46-42(32)30-15-6-5-14-29(30)36/h1-24H. The maximum Gasteiger partial charge on any atom is 0.228 e. The predicted octanol–water partition coefficient (Wildman–Crippen LogP) is 12.0. The largest absolute Gasteiger partial charge is 0.455 e. The van der Waals surface area contributed by atoms with E-state index in [4.69, 9.17) is 13.8 Å². The minimum Gasteiger partial charge on any atom is -0.455 e. The van der Waals surface area contributed by atoms with Crippen LogP contribution in [0.15, 0.2) is 154 Å². The molecule has 47 heavy (non-hydrogen) atoms. The molecule has 11 aromatic rings. The zero-order valence-corrected chi connectivity index (χ0v) is 25.1. The number of rotatable bonds is 2. The summed E-state index contributed by atoms with van der Waals surface area (Å²) < 4.78 is 15.4. The Labute approximate surface area is 267 Å². The van der Waals surface area contributed by atoms with Gasteiger partial charge in [-0.1, -0.05) is 103 Å². The van der Waals surface area contributed by atoms with E-state index in [0.29, 0.717) is 5.89 Å². The molecule has 0 spiro atoms. The Kier molecular flexibility index (Phi) is 4.81. The molecule has 0 amide bonds. The van der Waals surface area contributed by atoms with Crippen LogP contribution in [0.2, 0.25) is 0 Å². The van der Waals surface area contributed by atoms with Crippen molar-refractivity contribution < 1.29 is 8.83 Å². The molecule has 0 aliphatic heterocycles. The van der Waals surface area contributed by atoms with Gasteiger partial charge in [-0.15, -0.1) is 0 Å². The van der Waals surface area contributed by atoms with Crippen molar-refractivity contribution in [2.75, 3.05) is 0 Å². The monoisotopic (exact) mass is 600 g/mol.